The van der Waals surface area contributed by atoms with Crippen molar-refractivity contribution in [2.24, 2.45) is 0 Å². The molecule has 142 valence electrons. The molecule has 2 rings (SSSR count). The van der Waals surface area contributed by atoms with Gasteiger partial charge in [-0.05, 0) is 19.1 Å². The fourth-order valence-corrected chi connectivity index (χ4v) is 3.94. The second kappa shape index (κ2) is 8.43. The number of aryl methyl sites for hydroxylation is 1. The van der Waals surface area contributed by atoms with Crippen molar-refractivity contribution in [1.82, 2.24) is 19.6 Å². The molecule has 1 N–H and O–H groups in total. The molecule has 0 aromatic heterocycles. The zero-order valence-corrected chi connectivity index (χ0v) is 16.0. The average Bonchev–Trinajstić information content (AvgIpc) is 2.59. The monoisotopic (exact) mass is 380 g/mol. The van der Waals surface area contributed by atoms with E-state index in [2.05, 4.69) is 5.43 Å². The van der Waals surface area contributed by atoms with E-state index in [0.29, 0.717) is 0 Å². The Bertz CT molecular complexity index is 779. The second-order valence-corrected chi connectivity index (χ2v) is 8.18. The first kappa shape index (κ1) is 20.1. The summed E-state index contributed by atoms with van der Waals surface area (Å²) in [5, 5.41) is 1.48. The van der Waals surface area contributed by atoms with Crippen LogP contribution in [0.3, 0.4) is 0 Å². The minimum atomic E-state index is -3.56. The lowest BCUT2D eigenvalue weighted by Gasteiger charge is -2.33. The Labute approximate surface area is 154 Å². The molecule has 0 bridgehead atoms. The average molecular weight is 380 g/mol. The van der Waals surface area contributed by atoms with E-state index in [0.717, 1.165) is 11.6 Å². The quantitative estimate of drug-likeness (QED) is 0.573. The molecule has 8 nitrogen and oxygen atoms in total. The summed E-state index contributed by atoms with van der Waals surface area (Å²) in [5.41, 5.74) is 3.49. The van der Waals surface area contributed by atoms with Gasteiger partial charge in [-0.15, -0.1) is 0 Å². The van der Waals surface area contributed by atoms with Crippen LogP contribution in [-0.2, 0) is 19.6 Å². The highest BCUT2D eigenvalue weighted by Crippen LogP contribution is 2.18. The van der Waals surface area contributed by atoms with Crippen molar-refractivity contribution in [2.75, 3.05) is 40.3 Å². The molecule has 0 saturated carbocycles. The maximum atomic E-state index is 12.6. The summed E-state index contributed by atoms with van der Waals surface area (Å²) in [5.74, 6) is -0.713. The van der Waals surface area contributed by atoms with Gasteiger partial charge >= 0.3 is 0 Å². The van der Waals surface area contributed by atoms with Gasteiger partial charge in [0, 0.05) is 52.4 Å². The summed E-state index contributed by atoms with van der Waals surface area (Å²) in [6, 6.07) is 6.70. The predicted molar refractivity (Wildman–Crippen MR) is 97.5 cm³/mol. The van der Waals surface area contributed by atoms with E-state index in [9.17, 15) is 18.0 Å². The number of benzene rings is 1. The number of rotatable bonds is 5. The van der Waals surface area contributed by atoms with Crippen LogP contribution >= 0.6 is 0 Å². The number of nitrogens with one attached hydrogen (secondary N) is 1. The van der Waals surface area contributed by atoms with Crippen LogP contribution < -0.4 is 5.43 Å². The van der Waals surface area contributed by atoms with Crippen molar-refractivity contribution in [2.45, 2.75) is 11.8 Å². The van der Waals surface area contributed by atoms with Crippen LogP contribution in [0.4, 0.5) is 0 Å². The molecule has 1 heterocycles. The normalized spacial score (nSPS) is 16.2. The Morgan fingerprint density at radius 3 is 2.15 bits per heavy atom. The van der Waals surface area contributed by atoms with E-state index in [-0.39, 0.29) is 37.0 Å². The van der Waals surface area contributed by atoms with Crippen LogP contribution in [-0.4, -0.2) is 74.7 Å². The van der Waals surface area contributed by atoms with Crippen molar-refractivity contribution in [3.05, 3.63) is 42.0 Å². The summed E-state index contributed by atoms with van der Waals surface area (Å²) in [4.78, 5) is 25.4. The van der Waals surface area contributed by atoms with Crippen molar-refractivity contribution < 1.29 is 18.0 Å². The van der Waals surface area contributed by atoms with Crippen LogP contribution in [0, 0.1) is 6.92 Å². The van der Waals surface area contributed by atoms with Crippen LogP contribution in [0.1, 0.15) is 5.56 Å². The van der Waals surface area contributed by atoms with Crippen molar-refractivity contribution in [1.29, 1.82) is 0 Å². The van der Waals surface area contributed by atoms with Crippen LogP contribution in [0.5, 0.6) is 0 Å². The lowest BCUT2D eigenvalue weighted by Crippen LogP contribution is -2.50. The number of carbonyl (C=O) groups excluding carboxylic acids is 2. The summed E-state index contributed by atoms with van der Waals surface area (Å²) < 4.78 is 26.7. The van der Waals surface area contributed by atoms with E-state index in [1.807, 2.05) is 6.92 Å². The standard InChI is InChI=1S/C17H24N4O4S/c1-14-4-6-15(7-5-14)26(24,25)21-12-10-20(11-13-21)17(23)9-8-16(22)18-19(2)3/h4-9H,10-13H2,1-3H3,(H,18,22)/b9-8+. The van der Waals surface area contributed by atoms with Gasteiger partial charge in [0.2, 0.25) is 15.9 Å². The fraction of sp³-hybridized carbons (Fsp3) is 0.412. The SMILES string of the molecule is Cc1ccc(S(=O)(=O)N2CCN(C(=O)/C=C/C(=O)NN(C)C)CC2)cc1. The predicted octanol–water partition coefficient (Wildman–Crippen LogP) is -0.0231. The molecule has 1 aromatic rings. The zero-order chi connectivity index (χ0) is 19.3. The minimum Gasteiger partial charge on any atom is -0.337 e. The van der Waals surface area contributed by atoms with Gasteiger partial charge in [0.25, 0.3) is 5.91 Å². The highest BCUT2D eigenvalue weighted by molar-refractivity contribution is 7.89. The van der Waals surface area contributed by atoms with Crippen molar-refractivity contribution in [3.63, 3.8) is 0 Å². The van der Waals surface area contributed by atoms with Gasteiger partial charge in [-0.2, -0.15) is 4.31 Å². The van der Waals surface area contributed by atoms with Gasteiger partial charge in [0.15, 0.2) is 0 Å². The first-order valence-electron chi connectivity index (χ1n) is 8.22. The molecule has 0 radical (unpaired) electrons. The number of amides is 2. The topological polar surface area (TPSA) is 90.0 Å². The minimum absolute atomic E-state index is 0.222. The molecule has 26 heavy (non-hydrogen) atoms. The molecule has 0 aliphatic carbocycles. The van der Waals surface area contributed by atoms with Gasteiger partial charge in [0.05, 0.1) is 4.90 Å². The van der Waals surface area contributed by atoms with Crippen molar-refractivity contribution in [3.8, 4) is 0 Å². The third-order valence-corrected chi connectivity index (χ3v) is 5.83. The lowest BCUT2D eigenvalue weighted by molar-refractivity contribution is -0.127. The highest BCUT2D eigenvalue weighted by atomic mass is 32.2. The van der Waals surface area contributed by atoms with E-state index < -0.39 is 15.9 Å². The van der Waals surface area contributed by atoms with Crippen LogP contribution in [0.15, 0.2) is 41.3 Å². The van der Waals surface area contributed by atoms with Gasteiger partial charge in [-0.25, -0.2) is 13.4 Å². The molecule has 1 saturated heterocycles. The van der Waals surface area contributed by atoms with E-state index in [1.165, 1.54) is 20.3 Å². The first-order valence-corrected chi connectivity index (χ1v) is 9.66. The van der Waals surface area contributed by atoms with Gasteiger partial charge in [0.1, 0.15) is 0 Å². The summed E-state index contributed by atoms with van der Waals surface area (Å²) in [6.45, 7) is 2.90. The van der Waals surface area contributed by atoms with Gasteiger partial charge in [-0.1, -0.05) is 17.7 Å². The number of hydrogen-bond acceptors (Lipinski definition) is 5. The van der Waals surface area contributed by atoms with Gasteiger partial charge in [-0.3, -0.25) is 15.0 Å². The molecule has 1 aliphatic rings. The Hall–Kier alpha value is -2.23. The number of nitrogens with zero attached hydrogens (tertiary/aromatic N) is 3. The molecular formula is C17H24N4O4S. The third-order valence-electron chi connectivity index (χ3n) is 3.92. The Morgan fingerprint density at radius 1 is 1.04 bits per heavy atom. The number of hydrazine groups is 1. The Morgan fingerprint density at radius 2 is 1.62 bits per heavy atom. The molecule has 1 aliphatic heterocycles. The van der Waals surface area contributed by atoms with E-state index >= 15 is 0 Å². The number of hydrogen-bond donors (Lipinski definition) is 1. The first-order chi connectivity index (χ1) is 12.2. The van der Waals surface area contributed by atoms with Crippen LogP contribution in [0.25, 0.3) is 0 Å². The zero-order valence-electron chi connectivity index (χ0n) is 15.2. The Kier molecular flexibility index (Phi) is 6.52. The molecule has 0 atom stereocenters. The Balaban J connectivity index is 1.94. The second-order valence-electron chi connectivity index (χ2n) is 6.25. The molecule has 0 unspecified atom stereocenters. The number of piperazine rings is 1. The molecule has 2 amide bonds. The van der Waals surface area contributed by atoms with Gasteiger partial charge < -0.3 is 4.90 Å². The van der Waals surface area contributed by atoms with Crippen molar-refractivity contribution >= 4 is 21.8 Å². The molecule has 1 fully saturated rings. The largest absolute Gasteiger partial charge is 0.337 e. The fourth-order valence-electron chi connectivity index (χ4n) is 2.52. The summed E-state index contributed by atoms with van der Waals surface area (Å²) in [6.07, 6.45) is 2.36. The van der Waals surface area contributed by atoms with E-state index in [1.54, 1.807) is 38.4 Å². The summed E-state index contributed by atoms with van der Waals surface area (Å²) in [7, 11) is -0.224. The molecule has 1 aromatic carbocycles. The molecule has 0 spiro atoms. The maximum Gasteiger partial charge on any atom is 0.258 e. The van der Waals surface area contributed by atoms with Crippen LogP contribution in [0.2, 0.25) is 0 Å². The molecular weight excluding hydrogens is 356 g/mol. The smallest absolute Gasteiger partial charge is 0.258 e. The highest BCUT2D eigenvalue weighted by Gasteiger charge is 2.29. The number of sulfonamides is 1. The van der Waals surface area contributed by atoms with E-state index in [4.69, 9.17) is 0 Å². The summed E-state index contributed by atoms with van der Waals surface area (Å²) >= 11 is 0. The third kappa shape index (κ3) is 5.13. The number of carbonyl (C=O) groups is 2. The lowest BCUT2D eigenvalue weighted by atomic mass is 10.2. The maximum absolute atomic E-state index is 12.6. The molecule has 9 heteroatoms.